The highest BCUT2D eigenvalue weighted by Crippen LogP contribution is 2.08. The van der Waals surface area contributed by atoms with E-state index in [1.54, 1.807) is 0 Å². The molecule has 0 bridgehead atoms. The van der Waals surface area contributed by atoms with Crippen LogP contribution in [-0.2, 0) is 0 Å². The summed E-state index contributed by atoms with van der Waals surface area (Å²) in [4.78, 5) is 17.5. The first-order valence-electron chi connectivity index (χ1n) is 3.07. The SMILES string of the molecule is CN(c1cc(N)ncn1)[N+](=O)[O-]. The molecule has 2 N–H and O–H groups in total. The second-order valence-corrected chi connectivity index (χ2v) is 2.06. The lowest BCUT2D eigenvalue weighted by Crippen LogP contribution is -2.25. The van der Waals surface area contributed by atoms with Crippen molar-refractivity contribution in [3.05, 3.63) is 22.5 Å². The number of nitrogen functional groups attached to an aromatic ring is 1. The number of nitrogens with zero attached hydrogens (tertiary/aromatic N) is 4. The summed E-state index contributed by atoms with van der Waals surface area (Å²) in [5, 5.41) is 10.4. The van der Waals surface area contributed by atoms with E-state index in [4.69, 9.17) is 5.73 Å². The number of rotatable bonds is 2. The van der Waals surface area contributed by atoms with E-state index in [2.05, 4.69) is 9.97 Å². The van der Waals surface area contributed by atoms with Gasteiger partial charge in [-0.25, -0.2) is 20.1 Å². The highest BCUT2D eigenvalue weighted by molar-refractivity contribution is 5.42. The first-order valence-corrected chi connectivity index (χ1v) is 3.07. The van der Waals surface area contributed by atoms with Gasteiger partial charge in [0, 0.05) is 6.07 Å². The van der Waals surface area contributed by atoms with Crippen LogP contribution in [0.1, 0.15) is 0 Å². The second kappa shape index (κ2) is 2.99. The summed E-state index contributed by atoms with van der Waals surface area (Å²) >= 11 is 0. The third kappa shape index (κ3) is 1.57. The molecule has 1 aromatic rings. The minimum Gasteiger partial charge on any atom is -0.384 e. The number of nitrogens with two attached hydrogens (primary N) is 1. The standard InChI is InChI=1S/C5H7N5O2/c1-9(10(11)12)5-2-4(6)7-3-8-5/h2-3H,1H3,(H2,6,7,8). The fourth-order valence-corrected chi connectivity index (χ4v) is 0.622. The van der Waals surface area contributed by atoms with Gasteiger partial charge in [-0.05, 0) is 0 Å². The lowest BCUT2D eigenvalue weighted by atomic mass is 10.5. The van der Waals surface area contributed by atoms with Gasteiger partial charge in [-0.3, -0.25) is 0 Å². The lowest BCUT2D eigenvalue weighted by molar-refractivity contribution is -0.490. The Balaban J connectivity index is 2.95. The molecule has 1 heterocycles. The molecule has 0 aliphatic heterocycles. The van der Waals surface area contributed by atoms with Crippen LogP contribution in [0.3, 0.4) is 0 Å². The summed E-state index contributed by atoms with van der Waals surface area (Å²) in [5.41, 5.74) is 5.30. The molecule has 7 nitrogen and oxygen atoms in total. The molecule has 1 aromatic heterocycles. The van der Waals surface area contributed by atoms with Gasteiger partial charge in [0.2, 0.25) is 0 Å². The Bertz CT molecular complexity index is 302. The number of hydrazine groups is 1. The number of anilines is 2. The fourth-order valence-electron chi connectivity index (χ4n) is 0.622. The summed E-state index contributed by atoms with van der Waals surface area (Å²) in [6.45, 7) is 0. The molecule has 64 valence electrons. The van der Waals surface area contributed by atoms with Crippen LogP contribution in [0.4, 0.5) is 11.6 Å². The number of aromatic nitrogens is 2. The third-order valence-electron chi connectivity index (χ3n) is 1.25. The van der Waals surface area contributed by atoms with Crippen molar-refractivity contribution in [2.24, 2.45) is 0 Å². The largest absolute Gasteiger partial charge is 0.384 e. The second-order valence-electron chi connectivity index (χ2n) is 2.06. The normalized spacial score (nSPS) is 9.42. The van der Waals surface area contributed by atoms with Crippen molar-refractivity contribution < 1.29 is 5.03 Å². The van der Waals surface area contributed by atoms with Crippen LogP contribution in [0.25, 0.3) is 0 Å². The van der Waals surface area contributed by atoms with Gasteiger partial charge in [0.15, 0.2) is 10.9 Å². The topological polar surface area (TPSA) is 98.2 Å². The third-order valence-corrected chi connectivity index (χ3v) is 1.25. The van der Waals surface area contributed by atoms with E-state index in [1.165, 1.54) is 19.4 Å². The van der Waals surface area contributed by atoms with Crippen LogP contribution < -0.4 is 10.7 Å². The van der Waals surface area contributed by atoms with E-state index < -0.39 is 5.03 Å². The molecule has 0 aromatic carbocycles. The molecule has 12 heavy (non-hydrogen) atoms. The summed E-state index contributed by atoms with van der Waals surface area (Å²) < 4.78 is 0. The summed E-state index contributed by atoms with van der Waals surface area (Å²) in [7, 11) is 1.28. The Kier molecular flexibility index (Phi) is 2.04. The minimum absolute atomic E-state index is 0.160. The number of hydrogen-bond donors (Lipinski definition) is 1. The maximum absolute atomic E-state index is 10.2. The van der Waals surface area contributed by atoms with Gasteiger partial charge in [0.25, 0.3) is 0 Å². The van der Waals surface area contributed by atoms with E-state index in [9.17, 15) is 10.1 Å². The van der Waals surface area contributed by atoms with Crippen molar-refractivity contribution in [2.75, 3.05) is 17.8 Å². The van der Waals surface area contributed by atoms with Gasteiger partial charge in [-0.1, -0.05) is 5.01 Å². The first-order chi connectivity index (χ1) is 5.61. The average Bonchev–Trinajstić information content (AvgIpc) is 2.03. The molecular weight excluding hydrogens is 162 g/mol. The maximum Gasteiger partial charge on any atom is 0.198 e. The highest BCUT2D eigenvalue weighted by Gasteiger charge is 2.11. The molecule has 1 rings (SSSR count). The van der Waals surface area contributed by atoms with E-state index >= 15 is 0 Å². The van der Waals surface area contributed by atoms with Crippen LogP contribution in [0.15, 0.2) is 12.4 Å². The smallest absolute Gasteiger partial charge is 0.198 e. The zero-order valence-electron chi connectivity index (χ0n) is 6.34. The van der Waals surface area contributed by atoms with E-state index in [0.717, 1.165) is 5.01 Å². The van der Waals surface area contributed by atoms with E-state index in [-0.39, 0.29) is 11.6 Å². The maximum atomic E-state index is 10.2. The van der Waals surface area contributed by atoms with Gasteiger partial charge < -0.3 is 5.73 Å². The Morgan fingerprint density at radius 3 is 2.83 bits per heavy atom. The van der Waals surface area contributed by atoms with Crippen molar-refractivity contribution in [1.82, 2.24) is 9.97 Å². The highest BCUT2D eigenvalue weighted by atomic mass is 16.7. The van der Waals surface area contributed by atoms with Gasteiger partial charge in [-0.15, -0.1) is 0 Å². The van der Waals surface area contributed by atoms with Crippen LogP contribution in [0, 0.1) is 10.1 Å². The quantitative estimate of drug-likeness (QED) is 0.481. The van der Waals surface area contributed by atoms with Gasteiger partial charge in [0.05, 0.1) is 7.05 Å². The Morgan fingerprint density at radius 2 is 2.33 bits per heavy atom. The molecule has 0 radical (unpaired) electrons. The predicted octanol–water partition coefficient (Wildman–Crippen LogP) is -0.313. The molecule has 0 aliphatic rings. The monoisotopic (exact) mass is 169 g/mol. The molecule has 0 aliphatic carbocycles. The van der Waals surface area contributed by atoms with Crippen LogP contribution in [0.5, 0.6) is 0 Å². The summed E-state index contributed by atoms with van der Waals surface area (Å²) in [5.74, 6) is 0.362. The van der Waals surface area contributed by atoms with Gasteiger partial charge >= 0.3 is 0 Å². The summed E-state index contributed by atoms with van der Waals surface area (Å²) in [6.07, 6.45) is 1.17. The van der Waals surface area contributed by atoms with Crippen LogP contribution >= 0.6 is 0 Å². The summed E-state index contributed by atoms with van der Waals surface area (Å²) in [6, 6.07) is 1.32. The molecule has 0 saturated heterocycles. The van der Waals surface area contributed by atoms with Crippen LogP contribution in [-0.4, -0.2) is 22.0 Å². The molecule has 0 amide bonds. The van der Waals surface area contributed by atoms with Crippen LogP contribution in [0.2, 0.25) is 0 Å². The number of nitro groups is 1. The van der Waals surface area contributed by atoms with E-state index in [1.807, 2.05) is 0 Å². The molecule has 0 atom stereocenters. The van der Waals surface area contributed by atoms with Crippen molar-refractivity contribution in [1.29, 1.82) is 0 Å². The zero-order chi connectivity index (χ0) is 9.14. The van der Waals surface area contributed by atoms with Crippen molar-refractivity contribution in [2.45, 2.75) is 0 Å². The molecule has 0 spiro atoms. The predicted molar refractivity (Wildman–Crippen MR) is 41.8 cm³/mol. The Morgan fingerprint density at radius 1 is 1.67 bits per heavy atom. The molecule has 7 heteroatoms. The Labute approximate surface area is 68.0 Å². The molecule has 0 saturated carbocycles. The fraction of sp³-hybridized carbons (Fsp3) is 0.200. The van der Waals surface area contributed by atoms with Gasteiger partial charge in [0.1, 0.15) is 12.1 Å². The average molecular weight is 169 g/mol. The molecule has 0 fully saturated rings. The minimum atomic E-state index is -0.595. The first kappa shape index (κ1) is 8.18. The van der Waals surface area contributed by atoms with Gasteiger partial charge in [-0.2, -0.15) is 0 Å². The van der Waals surface area contributed by atoms with E-state index in [0.29, 0.717) is 0 Å². The Hall–Kier alpha value is -1.92. The number of hydrogen-bond acceptors (Lipinski definition) is 5. The van der Waals surface area contributed by atoms with Crippen molar-refractivity contribution in [3.63, 3.8) is 0 Å². The van der Waals surface area contributed by atoms with Crippen molar-refractivity contribution >= 4 is 11.6 Å². The zero-order valence-corrected chi connectivity index (χ0v) is 6.34. The lowest BCUT2D eigenvalue weighted by Gasteiger charge is -2.05. The molecule has 0 unspecified atom stereocenters. The molecular formula is C5H7N5O2. The van der Waals surface area contributed by atoms with Crippen molar-refractivity contribution in [3.8, 4) is 0 Å².